The van der Waals surface area contributed by atoms with E-state index in [9.17, 15) is 9.59 Å². The molecule has 49 heavy (non-hydrogen) atoms. The zero-order chi connectivity index (χ0) is 34.1. The summed E-state index contributed by atoms with van der Waals surface area (Å²) in [7, 11) is 1.67. The largest absolute Gasteiger partial charge is 0.495 e. The number of carbonyl (C=O) groups is 2. The number of halogens is 1. The van der Waals surface area contributed by atoms with Crippen LogP contribution in [0, 0.1) is 11.8 Å². The number of ether oxygens (including phenoxy) is 3. The molecule has 4 aromatic heterocycles. The van der Waals surface area contributed by atoms with Crippen LogP contribution in [0.25, 0.3) is 20.4 Å². The third-order valence-corrected chi connectivity index (χ3v) is 11.7. The first-order valence-corrected chi connectivity index (χ1v) is 18.4. The van der Waals surface area contributed by atoms with Crippen molar-refractivity contribution in [3.05, 3.63) is 61.9 Å². The van der Waals surface area contributed by atoms with Crippen LogP contribution in [0.15, 0.2) is 29.8 Å². The number of hydrogen-bond acceptors (Lipinski definition) is 13. The molecule has 1 aliphatic heterocycles. The summed E-state index contributed by atoms with van der Waals surface area (Å²) in [5.41, 5.74) is 5.55. The number of benzene rings is 1. The lowest BCUT2D eigenvalue weighted by Gasteiger charge is -2.21. The van der Waals surface area contributed by atoms with Gasteiger partial charge in [0.05, 0.1) is 55.2 Å². The van der Waals surface area contributed by atoms with Gasteiger partial charge in [0.25, 0.3) is 0 Å². The molecule has 3 aliphatic rings. The Morgan fingerprint density at radius 3 is 2.12 bits per heavy atom. The predicted octanol–water partition coefficient (Wildman–Crippen LogP) is 7.06. The Bertz CT molecular complexity index is 2100. The first-order chi connectivity index (χ1) is 23.9. The molecule has 8 rings (SSSR count). The highest BCUT2D eigenvalue weighted by molar-refractivity contribution is 7.19. The summed E-state index contributed by atoms with van der Waals surface area (Å²) in [5.74, 6) is 1.22. The second kappa shape index (κ2) is 14.3. The van der Waals surface area contributed by atoms with Crippen LogP contribution in [0.5, 0.6) is 5.75 Å². The van der Waals surface area contributed by atoms with Gasteiger partial charge < -0.3 is 19.5 Å². The molecule has 0 amide bonds. The van der Waals surface area contributed by atoms with Crippen LogP contribution in [-0.4, -0.2) is 58.4 Å². The molecule has 0 bridgehead atoms. The van der Waals surface area contributed by atoms with Crippen LogP contribution in [0.1, 0.15) is 58.7 Å². The zero-order valence-corrected chi connectivity index (χ0v) is 29.8. The van der Waals surface area contributed by atoms with Crippen LogP contribution in [-0.2, 0) is 51.3 Å². The van der Waals surface area contributed by atoms with E-state index in [0.29, 0.717) is 31.3 Å². The second-order valence-corrected chi connectivity index (χ2v) is 14.5. The Labute approximate surface area is 296 Å². The average Bonchev–Trinajstić information content (AvgIpc) is 3.83. The molecule has 254 valence electrons. The molecule has 5 aromatic rings. The van der Waals surface area contributed by atoms with Crippen molar-refractivity contribution in [3.63, 3.8) is 0 Å². The maximum absolute atomic E-state index is 12.2. The fraction of sp³-hybridized carbons (Fsp3) is 0.400. The van der Waals surface area contributed by atoms with Crippen molar-refractivity contribution in [2.75, 3.05) is 25.6 Å². The lowest BCUT2D eigenvalue weighted by molar-refractivity contribution is -0.149. The third-order valence-electron chi connectivity index (χ3n) is 9.09. The number of nitrogens with one attached hydrogen (secondary N) is 1. The van der Waals surface area contributed by atoms with Crippen LogP contribution < -0.4 is 10.1 Å². The van der Waals surface area contributed by atoms with Crippen molar-refractivity contribution in [1.82, 2.24) is 19.9 Å². The molecule has 0 radical (unpaired) electrons. The van der Waals surface area contributed by atoms with Gasteiger partial charge >= 0.3 is 11.9 Å². The molecule has 1 aromatic carbocycles. The maximum Gasteiger partial charge on any atom is 0.309 e. The van der Waals surface area contributed by atoms with E-state index < -0.39 is 0 Å². The van der Waals surface area contributed by atoms with E-state index in [1.54, 1.807) is 36.1 Å². The van der Waals surface area contributed by atoms with E-state index in [1.807, 2.05) is 32.2 Å². The first-order valence-electron chi connectivity index (χ1n) is 16.3. The van der Waals surface area contributed by atoms with Crippen molar-refractivity contribution in [3.8, 4) is 5.75 Å². The molecule has 14 heteroatoms. The number of rotatable bonds is 7. The van der Waals surface area contributed by atoms with Gasteiger partial charge in [0, 0.05) is 16.0 Å². The minimum absolute atomic E-state index is 0.0350. The number of esters is 2. The molecule has 2 aliphatic carbocycles. The van der Waals surface area contributed by atoms with E-state index >= 15 is 0 Å². The summed E-state index contributed by atoms with van der Waals surface area (Å²) in [4.78, 5) is 49.9. The Kier molecular flexibility index (Phi) is 9.75. The zero-order valence-electron chi connectivity index (χ0n) is 27.4. The number of fused-ring (bicyclic) bond motifs is 7. The molecule has 0 fully saturated rings. The Morgan fingerprint density at radius 2 is 1.49 bits per heavy atom. The molecule has 11 nitrogen and oxygen atoms in total. The van der Waals surface area contributed by atoms with Crippen molar-refractivity contribution in [2.45, 2.75) is 58.9 Å². The standard InChI is InChI=1S/C22H22N4O3S.C13H13ClN2O2S/c1-3-29-22(27)12-4-5-15-18(8-12)30-21-19(15)20(24-11-25-21)26-16-6-13-9-23-10-14(13)7-17(16)28-2;1-2-18-13(17)7-3-4-8-9(5-7)19-12-10(8)11(14)15-6-16-12/h6-7,9,11-12H,3-5,8,10H2,1-2H3,(H,24,25,26);6-7H,2-5H2,1H3/t12-;7-/m11/s1. The van der Waals surface area contributed by atoms with Crippen LogP contribution in [0.3, 0.4) is 0 Å². The Balaban J connectivity index is 0.000000171. The van der Waals surface area contributed by atoms with Gasteiger partial charge in [0.15, 0.2) is 0 Å². The first kappa shape index (κ1) is 33.3. The maximum atomic E-state index is 12.2. The quantitative estimate of drug-likeness (QED) is 0.138. The molecule has 1 N–H and O–H groups in total. The van der Waals surface area contributed by atoms with E-state index in [1.165, 1.54) is 27.2 Å². The monoisotopic (exact) mass is 718 g/mol. The summed E-state index contributed by atoms with van der Waals surface area (Å²) in [5, 5.41) is 5.98. The number of carbonyl (C=O) groups excluding carboxylic acids is 2. The highest BCUT2D eigenvalue weighted by Gasteiger charge is 2.31. The van der Waals surface area contributed by atoms with E-state index in [0.717, 1.165) is 80.9 Å². The van der Waals surface area contributed by atoms with Gasteiger partial charge in [-0.05, 0) is 86.8 Å². The molecule has 5 heterocycles. The van der Waals surface area contributed by atoms with Gasteiger partial charge in [-0.2, -0.15) is 0 Å². The molecule has 0 unspecified atom stereocenters. The van der Waals surface area contributed by atoms with Crippen LogP contribution >= 0.6 is 34.3 Å². The van der Waals surface area contributed by atoms with Gasteiger partial charge in [-0.25, -0.2) is 19.9 Å². The molecule has 0 saturated heterocycles. The minimum Gasteiger partial charge on any atom is -0.495 e. The normalized spacial score (nSPS) is 17.5. The van der Waals surface area contributed by atoms with Gasteiger partial charge in [-0.15, -0.1) is 22.7 Å². The van der Waals surface area contributed by atoms with Crippen LogP contribution in [0.4, 0.5) is 11.5 Å². The number of aryl methyl sites for hydroxylation is 2. The lowest BCUT2D eigenvalue weighted by Crippen LogP contribution is -2.23. The molecular weight excluding hydrogens is 684 g/mol. The molecule has 0 saturated carbocycles. The molecular formula is C35H35ClN6O5S2. The lowest BCUT2D eigenvalue weighted by atomic mass is 9.88. The van der Waals surface area contributed by atoms with E-state index in [-0.39, 0.29) is 23.8 Å². The summed E-state index contributed by atoms with van der Waals surface area (Å²) >= 11 is 9.40. The summed E-state index contributed by atoms with van der Waals surface area (Å²) in [6.07, 6.45) is 9.62. The van der Waals surface area contributed by atoms with Gasteiger partial charge in [0.2, 0.25) is 0 Å². The van der Waals surface area contributed by atoms with E-state index in [4.69, 9.17) is 25.8 Å². The number of nitrogens with zero attached hydrogens (tertiary/aromatic N) is 5. The van der Waals surface area contributed by atoms with Crippen molar-refractivity contribution in [2.24, 2.45) is 16.8 Å². The number of thiophene rings is 2. The summed E-state index contributed by atoms with van der Waals surface area (Å²) in [6, 6.07) is 4.07. The summed E-state index contributed by atoms with van der Waals surface area (Å²) in [6.45, 7) is 5.22. The predicted molar refractivity (Wildman–Crippen MR) is 192 cm³/mol. The minimum atomic E-state index is -0.102. The van der Waals surface area contributed by atoms with Gasteiger partial charge in [0.1, 0.15) is 39.0 Å². The molecule has 0 spiro atoms. The second-order valence-electron chi connectivity index (χ2n) is 12.0. The van der Waals surface area contributed by atoms with Gasteiger partial charge in [-0.1, -0.05) is 11.6 Å². The number of methoxy groups -OCH3 is 1. The Hall–Kier alpha value is -4.20. The fourth-order valence-electron chi connectivity index (χ4n) is 6.73. The third kappa shape index (κ3) is 6.59. The van der Waals surface area contributed by atoms with Gasteiger partial charge in [-0.3, -0.25) is 14.6 Å². The van der Waals surface area contributed by atoms with Crippen molar-refractivity contribution >= 4 is 84.4 Å². The number of hydrogen-bond donors (Lipinski definition) is 1. The van der Waals surface area contributed by atoms with Crippen molar-refractivity contribution < 1.29 is 23.8 Å². The highest BCUT2D eigenvalue weighted by atomic mass is 35.5. The fourth-order valence-corrected chi connectivity index (χ4v) is 9.57. The van der Waals surface area contributed by atoms with Crippen LogP contribution in [0.2, 0.25) is 5.15 Å². The highest BCUT2D eigenvalue weighted by Crippen LogP contribution is 2.42. The Morgan fingerprint density at radius 1 is 0.878 bits per heavy atom. The molecule has 2 atom stereocenters. The van der Waals surface area contributed by atoms with E-state index in [2.05, 4.69) is 30.2 Å². The SMILES string of the molecule is CCOC(=O)[C@@H]1CCc2c(sc3ncnc(Cl)c23)C1.CCOC(=O)[C@@H]1CCc2c(sc3ncnc(Nc4cc5c(cc4OC)CN=C5)c23)C1. The smallest absolute Gasteiger partial charge is 0.309 e. The summed E-state index contributed by atoms with van der Waals surface area (Å²) < 4.78 is 15.9. The topological polar surface area (TPSA) is 138 Å². The number of aliphatic imine (C=N–C) groups is 1. The number of aromatic nitrogens is 4. The van der Waals surface area contributed by atoms with Crippen molar-refractivity contribution in [1.29, 1.82) is 0 Å². The average molecular weight is 719 g/mol. The number of anilines is 2.